The van der Waals surface area contributed by atoms with Crippen LogP contribution in [-0.2, 0) is 9.53 Å². The molecule has 0 atom stereocenters. The molecule has 17 heavy (non-hydrogen) atoms. The Morgan fingerprint density at radius 2 is 2.29 bits per heavy atom. The van der Waals surface area contributed by atoms with Gasteiger partial charge in [-0.05, 0) is 13.8 Å². The fourth-order valence-electron chi connectivity index (χ4n) is 1.90. The van der Waals surface area contributed by atoms with Gasteiger partial charge in [0.2, 0.25) is 5.91 Å². The molecule has 0 aromatic heterocycles. The van der Waals surface area contributed by atoms with Crippen LogP contribution >= 0.6 is 0 Å². The predicted molar refractivity (Wildman–Crippen MR) is 64.3 cm³/mol. The summed E-state index contributed by atoms with van der Waals surface area (Å²) in [6.07, 6.45) is 0.386. The van der Waals surface area contributed by atoms with Gasteiger partial charge in [0.1, 0.15) is 0 Å². The fraction of sp³-hybridized carbons (Fsp3) is 0.833. The summed E-state index contributed by atoms with van der Waals surface area (Å²) in [5.74, 6) is 0.0675. The van der Waals surface area contributed by atoms with Crippen molar-refractivity contribution in [3.8, 4) is 6.07 Å². The van der Waals surface area contributed by atoms with Gasteiger partial charge in [-0.2, -0.15) is 5.26 Å². The van der Waals surface area contributed by atoms with E-state index in [0.717, 1.165) is 13.1 Å². The molecule has 1 aliphatic heterocycles. The van der Waals surface area contributed by atoms with Gasteiger partial charge >= 0.3 is 0 Å². The Morgan fingerprint density at radius 1 is 1.59 bits per heavy atom. The standard InChI is InChI=1S/C12H21N3O2/c1-12(2)10-15(7-8-17-12)9-11(16)14(3)6-4-5-13/h4,6-10H2,1-3H3. The zero-order valence-corrected chi connectivity index (χ0v) is 10.9. The minimum absolute atomic E-state index is 0.0675. The summed E-state index contributed by atoms with van der Waals surface area (Å²) < 4.78 is 5.59. The van der Waals surface area contributed by atoms with Crippen molar-refractivity contribution in [2.45, 2.75) is 25.9 Å². The Labute approximate surface area is 103 Å². The minimum atomic E-state index is -0.177. The van der Waals surface area contributed by atoms with Crippen LogP contribution in [0.4, 0.5) is 0 Å². The summed E-state index contributed by atoms with van der Waals surface area (Å²) in [5, 5.41) is 8.47. The third-order valence-corrected chi connectivity index (χ3v) is 2.85. The number of amides is 1. The summed E-state index contributed by atoms with van der Waals surface area (Å²) in [6.45, 7) is 7.21. The molecule has 0 N–H and O–H groups in total. The lowest BCUT2D eigenvalue weighted by molar-refractivity contribution is -0.135. The van der Waals surface area contributed by atoms with E-state index in [1.165, 1.54) is 0 Å². The zero-order valence-electron chi connectivity index (χ0n) is 10.9. The Hall–Kier alpha value is -1.12. The second-order valence-electron chi connectivity index (χ2n) is 5.04. The molecule has 0 unspecified atom stereocenters. The maximum atomic E-state index is 11.9. The molecule has 0 bridgehead atoms. The second kappa shape index (κ2) is 5.99. The number of nitrogens with zero attached hydrogens (tertiary/aromatic N) is 3. The lowest BCUT2D eigenvalue weighted by atomic mass is 10.1. The number of carbonyl (C=O) groups excluding carboxylic acids is 1. The van der Waals surface area contributed by atoms with Crippen LogP contribution in [-0.4, -0.2) is 61.1 Å². The molecular formula is C12H21N3O2. The SMILES string of the molecule is CN(CCC#N)C(=O)CN1CCOC(C)(C)C1. The number of carbonyl (C=O) groups is 1. The van der Waals surface area contributed by atoms with Crippen molar-refractivity contribution >= 4 is 5.91 Å². The molecular weight excluding hydrogens is 218 g/mol. The Morgan fingerprint density at radius 3 is 2.88 bits per heavy atom. The van der Waals surface area contributed by atoms with E-state index >= 15 is 0 Å². The highest BCUT2D eigenvalue weighted by Crippen LogP contribution is 2.16. The van der Waals surface area contributed by atoms with E-state index < -0.39 is 0 Å². The second-order valence-corrected chi connectivity index (χ2v) is 5.04. The minimum Gasteiger partial charge on any atom is -0.373 e. The number of hydrogen-bond donors (Lipinski definition) is 0. The molecule has 1 fully saturated rings. The van der Waals surface area contributed by atoms with Gasteiger partial charge in [-0.3, -0.25) is 9.69 Å². The highest BCUT2D eigenvalue weighted by molar-refractivity contribution is 5.78. The summed E-state index contributed by atoms with van der Waals surface area (Å²) in [6, 6.07) is 2.04. The molecule has 0 radical (unpaired) electrons. The molecule has 96 valence electrons. The van der Waals surface area contributed by atoms with Gasteiger partial charge in [0.25, 0.3) is 0 Å². The smallest absolute Gasteiger partial charge is 0.236 e. The van der Waals surface area contributed by atoms with Crippen molar-refractivity contribution < 1.29 is 9.53 Å². The first-order valence-corrected chi connectivity index (χ1v) is 5.92. The molecule has 1 aliphatic rings. The van der Waals surface area contributed by atoms with E-state index in [1.807, 2.05) is 19.9 Å². The van der Waals surface area contributed by atoms with Crippen LogP contribution in [0.5, 0.6) is 0 Å². The van der Waals surface area contributed by atoms with Gasteiger partial charge in [-0.15, -0.1) is 0 Å². The predicted octanol–water partition coefficient (Wildman–Crippen LogP) is 0.469. The van der Waals surface area contributed by atoms with E-state index in [0.29, 0.717) is 26.1 Å². The van der Waals surface area contributed by atoms with Crippen molar-refractivity contribution in [1.82, 2.24) is 9.80 Å². The third kappa shape index (κ3) is 4.72. The monoisotopic (exact) mass is 239 g/mol. The highest BCUT2D eigenvalue weighted by Gasteiger charge is 2.28. The van der Waals surface area contributed by atoms with Crippen LogP contribution in [0.1, 0.15) is 20.3 Å². The van der Waals surface area contributed by atoms with Crippen LogP contribution in [0.15, 0.2) is 0 Å². The van der Waals surface area contributed by atoms with Gasteiger partial charge < -0.3 is 9.64 Å². The number of rotatable bonds is 4. The summed E-state index contributed by atoms with van der Waals surface area (Å²) >= 11 is 0. The molecule has 0 aromatic rings. The molecule has 0 aliphatic carbocycles. The number of morpholine rings is 1. The molecule has 0 aromatic carbocycles. The van der Waals surface area contributed by atoms with Gasteiger partial charge in [-0.1, -0.05) is 0 Å². The molecule has 0 spiro atoms. The van der Waals surface area contributed by atoms with E-state index in [9.17, 15) is 4.79 Å². The highest BCUT2D eigenvalue weighted by atomic mass is 16.5. The number of likely N-dealkylation sites (N-methyl/N-ethyl adjacent to an activating group) is 1. The summed E-state index contributed by atoms with van der Waals surface area (Å²) in [5.41, 5.74) is -0.177. The van der Waals surface area contributed by atoms with Crippen molar-refractivity contribution in [3.05, 3.63) is 0 Å². The zero-order chi connectivity index (χ0) is 12.9. The first-order valence-electron chi connectivity index (χ1n) is 5.92. The molecule has 0 saturated carbocycles. The van der Waals surface area contributed by atoms with Crippen LogP contribution in [0, 0.1) is 11.3 Å². The fourth-order valence-corrected chi connectivity index (χ4v) is 1.90. The number of hydrogen-bond acceptors (Lipinski definition) is 4. The Balaban J connectivity index is 2.38. The Bertz CT molecular complexity index is 309. The molecule has 1 rings (SSSR count). The third-order valence-electron chi connectivity index (χ3n) is 2.85. The first kappa shape index (κ1) is 13.9. The van der Waals surface area contributed by atoms with Gasteiger partial charge in [0, 0.05) is 26.7 Å². The van der Waals surface area contributed by atoms with Crippen molar-refractivity contribution in [2.75, 3.05) is 39.8 Å². The molecule has 5 heteroatoms. The van der Waals surface area contributed by atoms with Gasteiger partial charge in [0.05, 0.1) is 31.2 Å². The van der Waals surface area contributed by atoms with Crippen molar-refractivity contribution in [3.63, 3.8) is 0 Å². The maximum absolute atomic E-state index is 11.9. The molecule has 5 nitrogen and oxygen atoms in total. The quantitative estimate of drug-likeness (QED) is 0.715. The van der Waals surface area contributed by atoms with Crippen molar-refractivity contribution in [2.24, 2.45) is 0 Å². The largest absolute Gasteiger partial charge is 0.373 e. The van der Waals surface area contributed by atoms with E-state index in [2.05, 4.69) is 4.90 Å². The topological polar surface area (TPSA) is 56.6 Å². The normalized spacial score (nSPS) is 19.6. The number of ether oxygens (including phenoxy) is 1. The molecule has 1 heterocycles. The van der Waals surface area contributed by atoms with E-state index in [-0.39, 0.29) is 11.5 Å². The summed E-state index contributed by atoms with van der Waals surface area (Å²) in [4.78, 5) is 15.6. The van der Waals surface area contributed by atoms with Crippen LogP contribution in [0.25, 0.3) is 0 Å². The molecule has 1 saturated heterocycles. The van der Waals surface area contributed by atoms with Crippen LogP contribution < -0.4 is 0 Å². The van der Waals surface area contributed by atoms with Crippen LogP contribution in [0.2, 0.25) is 0 Å². The first-order chi connectivity index (χ1) is 7.94. The van der Waals surface area contributed by atoms with E-state index in [1.54, 1.807) is 11.9 Å². The molecule has 1 amide bonds. The lowest BCUT2D eigenvalue weighted by Crippen LogP contribution is -2.51. The Kier molecular flexibility index (Phi) is 4.91. The lowest BCUT2D eigenvalue weighted by Gasteiger charge is -2.38. The average molecular weight is 239 g/mol. The maximum Gasteiger partial charge on any atom is 0.236 e. The van der Waals surface area contributed by atoms with Gasteiger partial charge in [-0.25, -0.2) is 0 Å². The van der Waals surface area contributed by atoms with Crippen molar-refractivity contribution in [1.29, 1.82) is 5.26 Å². The van der Waals surface area contributed by atoms with Crippen LogP contribution in [0.3, 0.4) is 0 Å². The average Bonchev–Trinajstić information content (AvgIpc) is 2.24. The van der Waals surface area contributed by atoms with E-state index in [4.69, 9.17) is 10.00 Å². The number of nitriles is 1. The summed E-state index contributed by atoms with van der Waals surface area (Å²) in [7, 11) is 1.74. The van der Waals surface area contributed by atoms with Gasteiger partial charge in [0.15, 0.2) is 0 Å².